The molecule has 0 saturated carbocycles. The van der Waals surface area contributed by atoms with E-state index < -0.39 is 5.91 Å². The van der Waals surface area contributed by atoms with Gasteiger partial charge in [-0.1, -0.05) is 6.07 Å². The smallest absolute Gasteiger partial charge is 0.251 e. The molecular weight excluding hydrogens is 378 g/mol. The summed E-state index contributed by atoms with van der Waals surface area (Å²) in [7, 11) is 0. The van der Waals surface area contributed by atoms with Crippen molar-refractivity contribution in [1.29, 1.82) is 0 Å². The van der Waals surface area contributed by atoms with Gasteiger partial charge >= 0.3 is 0 Å². The number of nitrogens with one attached hydrogen (secondary N) is 1. The molecule has 2 aliphatic rings. The number of nitrogens with zero attached hydrogens (tertiary/aromatic N) is 1. The molecule has 1 aliphatic carbocycles. The van der Waals surface area contributed by atoms with Gasteiger partial charge < -0.3 is 11.1 Å². The zero-order valence-corrected chi connectivity index (χ0v) is 17.0. The second-order valence-electron chi connectivity index (χ2n) is 7.29. The average Bonchev–Trinajstić information content (AvgIpc) is 3.37. The van der Waals surface area contributed by atoms with Gasteiger partial charge in [-0.3, -0.25) is 14.5 Å². The quantitative estimate of drug-likeness (QED) is 0.767. The Morgan fingerprint density at radius 1 is 1.26 bits per heavy atom. The molecule has 0 bridgehead atoms. The summed E-state index contributed by atoms with van der Waals surface area (Å²) in [6.45, 7) is 1.78. The molecule has 2 amide bonds. The third-order valence-electron chi connectivity index (χ3n) is 5.53. The van der Waals surface area contributed by atoms with E-state index in [9.17, 15) is 9.59 Å². The third-order valence-corrected chi connectivity index (χ3v) is 7.71. The van der Waals surface area contributed by atoms with Crippen molar-refractivity contribution in [3.8, 4) is 0 Å². The van der Waals surface area contributed by atoms with Crippen LogP contribution in [0.15, 0.2) is 17.5 Å². The van der Waals surface area contributed by atoms with Gasteiger partial charge in [0, 0.05) is 28.8 Å². The Labute approximate surface area is 167 Å². The van der Waals surface area contributed by atoms with Crippen molar-refractivity contribution in [2.24, 2.45) is 5.73 Å². The van der Waals surface area contributed by atoms with E-state index in [1.165, 1.54) is 27.5 Å². The van der Waals surface area contributed by atoms with Crippen LogP contribution in [0.2, 0.25) is 0 Å². The molecule has 1 unspecified atom stereocenters. The molecule has 2 aromatic heterocycles. The number of carbonyl (C=O) groups excluding carboxylic acids is 2. The van der Waals surface area contributed by atoms with Crippen LogP contribution in [0.3, 0.4) is 0 Å². The SMILES string of the molecule is NC(=O)c1c(NC(=O)CCN2CCCC2c2cccs2)sc2c1CCCC2. The van der Waals surface area contributed by atoms with Gasteiger partial charge in [0.2, 0.25) is 5.91 Å². The predicted octanol–water partition coefficient (Wildman–Crippen LogP) is 3.95. The fraction of sp³-hybridized carbons (Fsp3) is 0.500. The van der Waals surface area contributed by atoms with Crippen molar-refractivity contribution in [3.63, 3.8) is 0 Å². The molecule has 5 nitrogen and oxygen atoms in total. The van der Waals surface area contributed by atoms with Gasteiger partial charge in [0.05, 0.1) is 5.56 Å². The Morgan fingerprint density at radius 2 is 2.11 bits per heavy atom. The lowest BCUT2D eigenvalue weighted by Crippen LogP contribution is -2.27. The minimum atomic E-state index is -0.429. The highest BCUT2D eigenvalue weighted by Gasteiger charge is 2.28. The molecule has 0 spiro atoms. The largest absolute Gasteiger partial charge is 0.365 e. The first-order valence-corrected chi connectivity index (χ1v) is 11.3. The number of primary amides is 1. The summed E-state index contributed by atoms with van der Waals surface area (Å²) < 4.78 is 0. The summed E-state index contributed by atoms with van der Waals surface area (Å²) >= 11 is 3.32. The van der Waals surface area contributed by atoms with Gasteiger partial charge in [0.25, 0.3) is 5.91 Å². The number of anilines is 1. The number of rotatable bonds is 6. The van der Waals surface area contributed by atoms with Gasteiger partial charge in [-0.2, -0.15) is 0 Å². The Hall–Kier alpha value is -1.70. The van der Waals surface area contributed by atoms with Crippen molar-refractivity contribution >= 4 is 39.5 Å². The molecule has 2 aromatic rings. The number of amides is 2. The maximum atomic E-state index is 12.6. The van der Waals surface area contributed by atoms with E-state index in [1.807, 2.05) is 0 Å². The van der Waals surface area contributed by atoms with Crippen LogP contribution in [-0.4, -0.2) is 29.8 Å². The molecule has 0 aromatic carbocycles. The molecule has 4 rings (SSSR count). The van der Waals surface area contributed by atoms with Crippen LogP contribution in [0.1, 0.15) is 63.8 Å². The van der Waals surface area contributed by atoms with Gasteiger partial charge in [-0.05, 0) is 62.1 Å². The van der Waals surface area contributed by atoms with Crippen molar-refractivity contribution in [3.05, 3.63) is 38.4 Å². The lowest BCUT2D eigenvalue weighted by atomic mass is 9.95. The third kappa shape index (κ3) is 3.95. The van der Waals surface area contributed by atoms with E-state index in [0.717, 1.165) is 50.8 Å². The highest BCUT2D eigenvalue weighted by atomic mass is 32.1. The Bertz CT molecular complexity index is 829. The van der Waals surface area contributed by atoms with Crippen LogP contribution in [-0.2, 0) is 17.6 Å². The standard InChI is InChI=1S/C20H25N3O2S2/c21-19(25)18-13-5-1-2-7-15(13)27-20(18)22-17(24)9-11-23-10-3-6-14(23)16-8-4-12-26-16/h4,8,12,14H,1-3,5-7,9-11H2,(H2,21,25)(H,22,24). The summed E-state index contributed by atoms with van der Waals surface area (Å²) in [4.78, 5) is 29.5. The second-order valence-corrected chi connectivity index (χ2v) is 9.37. The minimum absolute atomic E-state index is 0.0343. The van der Waals surface area contributed by atoms with Crippen LogP contribution in [0, 0.1) is 0 Å². The molecular formula is C20H25N3O2S2. The van der Waals surface area contributed by atoms with Gasteiger partial charge in [0.15, 0.2) is 0 Å². The fourth-order valence-electron chi connectivity index (χ4n) is 4.25. The number of hydrogen-bond acceptors (Lipinski definition) is 5. The molecule has 27 heavy (non-hydrogen) atoms. The highest BCUT2D eigenvalue weighted by Crippen LogP contribution is 2.38. The van der Waals surface area contributed by atoms with Gasteiger partial charge in [-0.25, -0.2) is 0 Å². The zero-order chi connectivity index (χ0) is 18.8. The van der Waals surface area contributed by atoms with E-state index in [4.69, 9.17) is 5.73 Å². The molecule has 1 aliphatic heterocycles. The maximum Gasteiger partial charge on any atom is 0.251 e. The van der Waals surface area contributed by atoms with Gasteiger partial charge in [0.1, 0.15) is 5.00 Å². The van der Waals surface area contributed by atoms with E-state index in [1.54, 1.807) is 11.3 Å². The monoisotopic (exact) mass is 403 g/mol. The number of thiophene rings is 2. The Morgan fingerprint density at radius 3 is 2.89 bits per heavy atom. The summed E-state index contributed by atoms with van der Waals surface area (Å²) in [6, 6.07) is 4.71. The van der Waals surface area contributed by atoms with Crippen LogP contribution >= 0.6 is 22.7 Å². The van der Waals surface area contributed by atoms with Crippen LogP contribution < -0.4 is 11.1 Å². The van der Waals surface area contributed by atoms with Crippen molar-refractivity contribution < 1.29 is 9.59 Å². The zero-order valence-electron chi connectivity index (χ0n) is 15.3. The van der Waals surface area contributed by atoms with Crippen molar-refractivity contribution in [2.75, 3.05) is 18.4 Å². The molecule has 3 heterocycles. The Kier molecular flexibility index (Phi) is 5.61. The minimum Gasteiger partial charge on any atom is -0.365 e. The molecule has 1 fully saturated rings. The number of nitrogens with two attached hydrogens (primary N) is 1. The topological polar surface area (TPSA) is 75.4 Å². The molecule has 7 heteroatoms. The predicted molar refractivity (Wildman–Crippen MR) is 111 cm³/mol. The first kappa shape index (κ1) is 18.7. The first-order valence-electron chi connectivity index (χ1n) is 9.65. The normalized spacial score (nSPS) is 19.8. The highest BCUT2D eigenvalue weighted by molar-refractivity contribution is 7.17. The first-order chi connectivity index (χ1) is 13.1. The van der Waals surface area contributed by atoms with E-state index in [2.05, 4.69) is 27.7 Å². The average molecular weight is 404 g/mol. The second kappa shape index (κ2) is 8.12. The van der Waals surface area contributed by atoms with E-state index in [0.29, 0.717) is 23.0 Å². The number of likely N-dealkylation sites (tertiary alicyclic amines) is 1. The molecule has 0 radical (unpaired) electrons. The summed E-state index contributed by atoms with van der Waals surface area (Å²) in [6.07, 6.45) is 6.85. The number of carbonyl (C=O) groups is 2. The van der Waals surface area contributed by atoms with Crippen molar-refractivity contribution in [1.82, 2.24) is 4.90 Å². The number of fused-ring (bicyclic) bond motifs is 1. The fourth-order valence-corrected chi connectivity index (χ4v) is 6.45. The maximum absolute atomic E-state index is 12.6. The van der Waals surface area contributed by atoms with Crippen LogP contribution in [0.25, 0.3) is 0 Å². The van der Waals surface area contributed by atoms with Crippen LogP contribution in [0.4, 0.5) is 5.00 Å². The molecule has 1 atom stereocenters. The summed E-state index contributed by atoms with van der Waals surface area (Å²) in [5, 5.41) is 5.74. The Balaban J connectivity index is 1.40. The summed E-state index contributed by atoms with van der Waals surface area (Å²) in [5.74, 6) is -0.463. The molecule has 144 valence electrons. The number of aryl methyl sites for hydroxylation is 1. The molecule has 3 N–H and O–H groups in total. The number of hydrogen-bond donors (Lipinski definition) is 2. The van der Waals surface area contributed by atoms with E-state index >= 15 is 0 Å². The van der Waals surface area contributed by atoms with Gasteiger partial charge in [-0.15, -0.1) is 22.7 Å². The lowest BCUT2D eigenvalue weighted by Gasteiger charge is -2.23. The van der Waals surface area contributed by atoms with Crippen LogP contribution in [0.5, 0.6) is 0 Å². The summed E-state index contributed by atoms with van der Waals surface area (Å²) in [5.41, 5.74) is 7.22. The molecule has 1 saturated heterocycles. The van der Waals surface area contributed by atoms with E-state index in [-0.39, 0.29) is 5.91 Å². The lowest BCUT2D eigenvalue weighted by molar-refractivity contribution is -0.116. The van der Waals surface area contributed by atoms with Crippen molar-refractivity contribution in [2.45, 2.75) is 51.0 Å².